The molecule has 1 amide bonds. The number of nitrogens with zero attached hydrogens (tertiary/aromatic N) is 2. The second-order valence-electron chi connectivity index (χ2n) is 8.15. The molecule has 0 spiro atoms. The van der Waals surface area contributed by atoms with Gasteiger partial charge in [-0.05, 0) is 62.1 Å². The van der Waals surface area contributed by atoms with Crippen molar-refractivity contribution in [3.63, 3.8) is 0 Å². The Morgan fingerprint density at radius 2 is 1.66 bits per heavy atom. The number of benzene rings is 3. The molecule has 1 N–H and O–H groups in total. The van der Waals surface area contributed by atoms with Crippen molar-refractivity contribution in [2.75, 3.05) is 19.4 Å². The lowest BCUT2D eigenvalue weighted by atomic mass is 10.1. The van der Waals surface area contributed by atoms with E-state index in [0.29, 0.717) is 6.54 Å². The predicted octanol–water partition coefficient (Wildman–Crippen LogP) is 3.83. The molecule has 4 rings (SSSR count). The van der Waals surface area contributed by atoms with Gasteiger partial charge in [-0.15, -0.1) is 0 Å². The summed E-state index contributed by atoms with van der Waals surface area (Å²) < 4.78 is 55.9. The van der Waals surface area contributed by atoms with E-state index in [1.165, 1.54) is 24.3 Å². The minimum atomic E-state index is -4.12. The van der Waals surface area contributed by atoms with Crippen LogP contribution in [0.15, 0.2) is 82.6 Å². The van der Waals surface area contributed by atoms with Crippen LogP contribution in [0.3, 0.4) is 0 Å². The Balaban J connectivity index is 1.80. The number of carbonyl (C=O) groups excluding carboxylic acids is 1. The molecule has 35 heavy (non-hydrogen) atoms. The first-order valence-electron chi connectivity index (χ1n) is 10.5. The highest BCUT2D eigenvalue weighted by atomic mass is 32.2. The minimum Gasteiger partial charge on any atom is -0.322 e. The van der Waals surface area contributed by atoms with E-state index in [2.05, 4.69) is 5.32 Å². The summed E-state index contributed by atoms with van der Waals surface area (Å²) in [6.45, 7) is 0.525. The number of amides is 1. The number of carbonyl (C=O) groups is 1. The van der Waals surface area contributed by atoms with Gasteiger partial charge in [0.25, 0.3) is 15.9 Å². The zero-order chi connectivity index (χ0) is 25.3. The molecule has 10 heteroatoms. The summed E-state index contributed by atoms with van der Waals surface area (Å²) in [5.74, 6) is -3.13. The Morgan fingerprint density at radius 3 is 2.34 bits per heavy atom. The SMILES string of the molecule is CN(C)Cc1cccc(S(=O)(=O)n2ccc(=O)c3ccc(NC(=O)c4c(F)cccc4F)cc32)c1. The van der Waals surface area contributed by atoms with Gasteiger partial charge in [-0.3, -0.25) is 9.59 Å². The second-order valence-corrected chi connectivity index (χ2v) is 9.96. The number of anilines is 1. The van der Waals surface area contributed by atoms with Crippen LogP contribution in [0, 0.1) is 11.6 Å². The van der Waals surface area contributed by atoms with Crippen LogP contribution in [-0.2, 0) is 16.6 Å². The van der Waals surface area contributed by atoms with Crippen LogP contribution >= 0.6 is 0 Å². The molecule has 180 valence electrons. The van der Waals surface area contributed by atoms with E-state index in [4.69, 9.17) is 0 Å². The average molecular weight is 498 g/mol. The van der Waals surface area contributed by atoms with Crippen LogP contribution in [0.25, 0.3) is 10.9 Å². The average Bonchev–Trinajstić information content (AvgIpc) is 2.78. The Bertz CT molecular complexity index is 1590. The van der Waals surface area contributed by atoms with Crippen molar-refractivity contribution in [1.29, 1.82) is 0 Å². The first-order chi connectivity index (χ1) is 16.6. The van der Waals surface area contributed by atoms with E-state index in [1.807, 2.05) is 19.0 Å². The molecular formula is C25H21F2N3O4S. The summed E-state index contributed by atoms with van der Waals surface area (Å²) in [5.41, 5.74) is -0.362. The molecule has 7 nitrogen and oxygen atoms in total. The maximum absolute atomic E-state index is 14.0. The summed E-state index contributed by atoms with van der Waals surface area (Å²) in [4.78, 5) is 26.8. The Hall–Kier alpha value is -3.89. The summed E-state index contributed by atoms with van der Waals surface area (Å²) in [6.07, 6.45) is 1.14. The van der Waals surface area contributed by atoms with Crippen LogP contribution in [0.2, 0.25) is 0 Å². The standard InChI is InChI=1S/C25H21F2N3O4S/c1-29(2)15-16-5-3-6-18(13-16)35(33,34)30-12-11-23(31)19-10-9-17(14-22(19)30)28-25(32)24-20(26)7-4-8-21(24)27/h3-14H,15H2,1-2H3,(H,28,32). The molecule has 0 saturated heterocycles. The van der Waals surface area contributed by atoms with E-state index in [9.17, 15) is 26.8 Å². The van der Waals surface area contributed by atoms with Crippen molar-refractivity contribution < 1.29 is 22.0 Å². The maximum Gasteiger partial charge on any atom is 0.268 e. The van der Waals surface area contributed by atoms with Crippen LogP contribution in [0.5, 0.6) is 0 Å². The number of pyridine rings is 1. The van der Waals surface area contributed by atoms with Gasteiger partial charge in [-0.2, -0.15) is 0 Å². The van der Waals surface area contributed by atoms with Crippen LogP contribution < -0.4 is 10.7 Å². The van der Waals surface area contributed by atoms with Crippen molar-refractivity contribution >= 4 is 32.5 Å². The van der Waals surface area contributed by atoms with E-state index in [0.717, 1.165) is 40.0 Å². The quantitative estimate of drug-likeness (QED) is 0.438. The third kappa shape index (κ3) is 4.84. The van der Waals surface area contributed by atoms with E-state index in [-0.39, 0.29) is 21.5 Å². The zero-order valence-electron chi connectivity index (χ0n) is 18.8. The van der Waals surface area contributed by atoms with E-state index in [1.54, 1.807) is 18.2 Å². The van der Waals surface area contributed by atoms with Crippen molar-refractivity contribution in [2.24, 2.45) is 0 Å². The van der Waals surface area contributed by atoms with E-state index >= 15 is 0 Å². The Labute approximate surface area is 200 Å². The van der Waals surface area contributed by atoms with Gasteiger partial charge in [0.15, 0.2) is 5.43 Å². The van der Waals surface area contributed by atoms with Crippen LogP contribution in [0.4, 0.5) is 14.5 Å². The third-order valence-electron chi connectivity index (χ3n) is 5.26. The molecule has 0 unspecified atom stereocenters. The number of halogens is 2. The molecular weight excluding hydrogens is 476 g/mol. The lowest BCUT2D eigenvalue weighted by molar-refractivity contribution is 0.101. The predicted molar refractivity (Wildman–Crippen MR) is 129 cm³/mol. The first kappa shape index (κ1) is 24.2. The van der Waals surface area contributed by atoms with Crippen molar-refractivity contribution in [3.8, 4) is 0 Å². The summed E-state index contributed by atoms with van der Waals surface area (Å²) in [7, 11) is -0.404. The van der Waals surface area contributed by atoms with Gasteiger partial charge in [0.1, 0.15) is 17.2 Å². The van der Waals surface area contributed by atoms with Crippen LogP contribution in [0.1, 0.15) is 15.9 Å². The van der Waals surface area contributed by atoms with Gasteiger partial charge in [0.05, 0.1) is 10.4 Å². The number of aromatic nitrogens is 1. The second kappa shape index (κ2) is 9.40. The van der Waals surface area contributed by atoms with Crippen molar-refractivity contribution in [2.45, 2.75) is 11.4 Å². The molecule has 0 atom stereocenters. The fourth-order valence-electron chi connectivity index (χ4n) is 3.71. The molecule has 4 aromatic rings. The Morgan fingerprint density at radius 1 is 0.971 bits per heavy atom. The molecule has 0 aliphatic rings. The highest BCUT2D eigenvalue weighted by molar-refractivity contribution is 7.90. The van der Waals surface area contributed by atoms with Crippen molar-refractivity contribution in [3.05, 3.63) is 106 Å². The highest BCUT2D eigenvalue weighted by Gasteiger charge is 2.21. The molecule has 0 radical (unpaired) electrons. The van der Waals surface area contributed by atoms with Gasteiger partial charge in [0.2, 0.25) is 0 Å². The van der Waals surface area contributed by atoms with Crippen molar-refractivity contribution in [1.82, 2.24) is 8.87 Å². The first-order valence-corrected chi connectivity index (χ1v) is 11.9. The molecule has 0 fully saturated rings. The third-order valence-corrected chi connectivity index (χ3v) is 6.95. The zero-order valence-corrected chi connectivity index (χ0v) is 19.6. The number of rotatable bonds is 6. The topological polar surface area (TPSA) is 88.5 Å². The molecule has 1 aromatic heterocycles. The van der Waals surface area contributed by atoms with Gasteiger partial charge in [-0.1, -0.05) is 18.2 Å². The maximum atomic E-state index is 14.0. The van der Waals surface area contributed by atoms with Gasteiger partial charge in [-0.25, -0.2) is 21.2 Å². The molecule has 3 aromatic carbocycles. The normalized spacial score (nSPS) is 11.7. The monoisotopic (exact) mass is 497 g/mol. The lowest BCUT2D eigenvalue weighted by Crippen LogP contribution is -2.19. The number of hydrogen-bond donors (Lipinski definition) is 1. The molecule has 0 bridgehead atoms. The molecule has 0 aliphatic heterocycles. The van der Waals surface area contributed by atoms with Crippen LogP contribution in [-0.4, -0.2) is 37.3 Å². The highest BCUT2D eigenvalue weighted by Crippen LogP contribution is 2.24. The minimum absolute atomic E-state index is 0.00215. The summed E-state index contributed by atoms with van der Waals surface area (Å²) >= 11 is 0. The lowest BCUT2D eigenvalue weighted by Gasteiger charge is -2.15. The Kier molecular flexibility index (Phi) is 6.51. The number of fused-ring (bicyclic) bond motifs is 1. The van der Waals surface area contributed by atoms with E-state index < -0.39 is 38.6 Å². The number of nitrogens with one attached hydrogen (secondary N) is 1. The van der Waals surface area contributed by atoms with Gasteiger partial charge in [0, 0.05) is 29.9 Å². The smallest absolute Gasteiger partial charge is 0.268 e. The van der Waals surface area contributed by atoms with Gasteiger partial charge < -0.3 is 10.2 Å². The largest absolute Gasteiger partial charge is 0.322 e. The summed E-state index contributed by atoms with van der Waals surface area (Å²) in [5, 5.41) is 2.46. The fraction of sp³-hybridized carbons (Fsp3) is 0.120. The fourth-order valence-corrected chi connectivity index (χ4v) is 5.12. The number of hydrogen-bond acceptors (Lipinski definition) is 5. The van der Waals surface area contributed by atoms with Gasteiger partial charge >= 0.3 is 0 Å². The molecule has 0 aliphatic carbocycles. The molecule has 1 heterocycles. The summed E-state index contributed by atoms with van der Waals surface area (Å²) in [6, 6.07) is 14.6. The molecule has 0 saturated carbocycles.